The van der Waals surface area contributed by atoms with Gasteiger partial charge in [-0.3, -0.25) is 19.4 Å². The number of benzene rings is 2. The molecule has 0 bridgehead atoms. The standard InChI is InChI=1S/C43H57ClF3N7O7/c44-34-27-29(26-33(38(34)48)43(45,46)47)28-37(61-42(58)52-18-12-32(13-19-52)54-20-9-30-6-1-2-7-35(30)49-41(54)57)39(55)51-16-10-31(11-17-51)53-15-4-3-8-36(53)40(56)60-23-5-14-50-21-24-59-25-22-50/h1-2,6-7,26-27,31-32,36-37H,3-5,8-25,28,48H2,(H,49,57)/t36-,37-/m1/s1. The Balaban J connectivity index is 0.976. The molecule has 334 valence electrons. The van der Waals surface area contributed by atoms with Gasteiger partial charge in [0.15, 0.2) is 6.10 Å². The molecule has 4 amide bonds. The molecule has 2 atom stereocenters. The Kier molecular flexibility index (Phi) is 14.8. The first-order chi connectivity index (χ1) is 29.4. The second kappa shape index (κ2) is 20.2. The zero-order valence-electron chi connectivity index (χ0n) is 34.5. The second-order valence-electron chi connectivity index (χ2n) is 16.6. The highest BCUT2D eigenvalue weighted by atomic mass is 35.5. The van der Waals surface area contributed by atoms with Gasteiger partial charge in [0.25, 0.3) is 5.91 Å². The second-order valence-corrected chi connectivity index (χ2v) is 17.1. The van der Waals surface area contributed by atoms with Gasteiger partial charge in [-0.2, -0.15) is 13.2 Å². The van der Waals surface area contributed by atoms with E-state index in [4.69, 9.17) is 31.5 Å². The van der Waals surface area contributed by atoms with Crippen LogP contribution in [0.25, 0.3) is 0 Å². The number of nitrogens with one attached hydrogen (secondary N) is 1. The van der Waals surface area contributed by atoms with Crippen LogP contribution in [0.15, 0.2) is 36.4 Å². The van der Waals surface area contributed by atoms with E-state index >= 15 is 0 Å². The summed E-state index contributed by atoms with van der Waals surface area (Å²) in [6.07, 6.45) is -1.32. The van der Waals surface area contributed by atoms with E-state index in [1.807, 2.05) is 24.3 Å². The van der Waals surface area contributed by atoms with Gasteiger partial charge < -0.3 is 40.0 Å². The topological polar surface area (TPSA) is 150 Å². The van der Waals surface area contributed by atoms with E-state index in [1.54, 1.807) is 9.80 Å². The SMILES string of the molecule is Nc1c(Cl)cc(C[C@@H](OC(=O)N2CCC(N3CCc4ccccc4NC3=O)CC2)C(=O)N2CCC(N3CCCC[C@@H]3C(=O)OCCCN3CCOCC3)CC2)cc1C(F)(F)F. The van der Waals surface area contributed by atoms with Crippen LogP contribution in [0.5, 0.6) is 0 Å². The Morgan fingerprint density at radius 3 is 2.34 bits per heavy atom. The van der Waals surface area contributed by atoms with Crippen LogP contribution in [0.4, 0.5) is 34.1 Å². The molecule has 4 fully saturated rings. The summed E-state index contributed by atoms with van der Waals surface area (Å²) in [5.74, 6) is -0.754. The number of hydrogen-bond acceptors (Lipinski definition) is 10. The van der Waals surface area contributed by atoms with Crippen LogP contribution >= 0.6 is 11.6 Å². The molecule has 61 heavy (non-hydrogen) atoms. The van der Waals surface area contributed by atoms with Crippen LogP contribution in [0, 0.1) is 0 Å². The van der Waals surface area contributed by atoms with Crippen LogP contribution < -0.4 is 11.1 Å². The third kappa shape index (κ3) is 11.2. The number of nitrogens with two attached hydrogens (primary N) is 1. The first kappa shape index (κ1) is 44.7. The number of halogens is 4. The number of carbonyl (C=O) groups is 4. The molecule has 0 aliphatic carbocycles. The van der Waals surface area contributed by atoms with E-state index in [-0.39, 0.29) is 60.2 Å². The van der Waals surface area contributed by atoms with E-state index in [0.717, 1.165) is 62.8 Å². The number of likely N-dealkylation sites (tertiary alicyclic amines) is 3. The highest BCUT2D eigenvalue weighted by Crippen LogP contribution is 2.38. The summed E-state index contributed by atoms with van der Waals surface area (Å²) in [5.41, 5.74) is 5.81. The van der Waals surface area contributed by atoms with Crippen LogP contribution in [0.3, 0.4) is 0 Å². The van der Waals surface area contributed by atoms with E-state index in [2.05, 4.69) is 15.1 Å². The molecule has 0 saturated carbocycles. The number of rotatable bonds is 11. The van der Waals surface area contributed by atoms with Gasteiger partial charge in [-0.1, -0.05) is 36.2 Å². The molecule has 2 aromatic rings. The molecule has 3 N–H and O–H groups in total. The first-order valence-electron chi connectivity index (χ1n) is 21.6. The van der Waals surface area contributed by atoms with Crippen molar-refractivity contribution < 1.29 is 46.6 Å². The predicted molar refractivity (Wildman–Crippen MR) is 222 cm³/mol. The van der Waals surface area contributed by atoms with Gasteiger partial charge in [-0.25, -0.2) is 9.59 Å². The van der Waals surface area contributed by atoms with Crippen LogP contribution in [-0.2, 0) is 42.8 Å². The van der Waals surface area contributed by atoms with Gasteiger partial charge in [0, 0.05) is 76.5 Å². The van der Waals surface area contributed by atoms with Crippen molar-refractivity contribution in [3.05, 3.63) is 58.1 Å². The highest BCUT2D eigenvalue weighted by molar-refractivity contribution is 6.33. The summed E-state index contributed by atoms with van der Waals surface area (Å²) < 4.78 is 59.0. The van der Waals surface area contributed by atoms with Crippen molar-refractivity contribution in [2.75, 3.05) is 89.8 Å². The number of piperidine rings is 3. The lowest BCUT2D eigenvalue weighted by molar-refractivity contribution is -0.154. The Bertz CT molecular complexity index is 1870. The lowest BCUT2D eigenvalue weighted by Gasteiger charge is -2.44. The van der Waals surface area contributed by atoms with Crippen LogP contribution in [0.2, 0.25) is 5.02 Å². The minimum Gasteiger partial charge on any atom is -0.464 e. The fraction of sp³-hybridized carbons (Fsp3) is 0.628. The average molecular weight is 876 g/mol. The van der Waals surface area contributed by atoms with Crippen molar-refractivity contribution in [3.63, 3.8) is 0 Å². The number of carbonyl (C=O) groups excluding carboxylic acids is 4. The van der Waals surface area contributed by atoms with Crippen molar-refractivity contribution in [3.8, 4) is 0 Å². The smallest absolute Gasteiger partial charge is 0.418 e. The van der Waals surface area contributed by atoms with Gasteiger partial charge in [-0.05, 0) is 87.2 Å². The summed E-state index contributed by atoms with van der Waals surface area (Å²) in [4.78, 5) is 64.0. The molecular weight excluding hydrogens is 819 g/mol. The minimum absolute atomic E-state index is 0.0169. The van der Waals surface area contributed by atoms with Crippen molar-refractivity contribution in [1.29, 1.82) is 0 Å². The first-order valence-corrected chi connectivity index (χ1v) is 22.0. The minimum atomic E-state index is -4.80. The summed E-state index contributed by atoms with van der Waals surface area (Å²) in [6, 6.07) is 9.09. The number of morpholine rings is 1. The fourth-order valence-electron chi connectivity index (χ4n) is 9.36. The van der Waals surface area contributed by atoms with Crippen molar-refractivity contribution in [2.45, 2.75) is 94.6 Å². The Labute approximate surface area is 359 Å². The van der Waals surface area contributed by atoms with Gasteiger partial charge >= 0.3 is 24.3 Å². The molecule has 14 nitrogen and oxygen atoms in total. The molecule has 0 radical (unpaired) electrons. The molecule has 2 aromatic carbocycles. The Morgan fingerprint density at radius 2 is 1.61 bits per heavy atom. The largest absolute Gasteiger partial charge is 0.464 e. The molecular formula is C43H57ClF3N7O7. The number of nitrogen functional groups attached to an aromatic ring is 1. The number of hydrogen-bond donors (Lipinski definition) is 2. The zero-order chi connectivity index (χ0) is 43.1. The van der Waals surface area contributed by atoms with Gasteiger partial charge in [-0.15, -0.1) is 0 Å². The third-order valence-corrected chi connectivity index (χ3v) is 13.1. The van der Waals surface area contributed by atoms with Crippen LogP contribution in [-0.4, -0.2) is 151 Å². The number of urea groups is 1. The maximum Gasteiger partial charge on any atom is 0.418 e. The van der Waals surface area contributed by atoms with Crippen molar-refractivity contribution in [1.82, 2.24) is 24.5 Å². The van der Waals surface area contributed by atoms with Crippen LogP contribution in [0.1, 0.15) is 68.1 Å². The van der Waals surface area contributed by atoms with Gasteiger partial charge in [0.05, 0.1) is 36.1 Å². The number of para-hydroxylation sites is 1. The summed E-state index contributed by atoms with van der Waals surface area (Å²) in [6.45, 7) is 6.74. The monoisotopic (exact) mass is 875 g/mol. The van der Waals surface area contributed by atoms with E-state index in [1.165, 1.54) is 11.0 Å². The molecule has 18 heteroatoms. The van der Waals surface area contributed by atoms with E-state index in [9.17, 15) is 32.3 Å². The van der Waals surface area contributed by atoms with Gasteiger partial charge in [0.2, 0.25) is 0 Å². The Hall–Kier alpha value is -4.32. The number of anilines is 2. The molecule has 0 unspecified atom stereocenters. The molecule has 5 aliphatic heterocycles. The average Bonchev–Trinajstić information content (AvgIpc) is 3.43. The lowest BCUT2D eigenvalue weighted by atomic mass is 9.94. The van der Waals surface area contributed by atoms with E-state index in [0.29, 0.717) is 78.0 Å². The van der Waals surface area contributed by atoms with E-state index < -0.39 is 35.5 Å². The number of esters is 1. The quantitative estimate of drug-likeness (QED) is 0.165. The molecule has 7 rings (SSSR count). The summed E-state index contributed by atoms with van der Waals surface area (Å²) in [5, 5.41) is 2.67. The fourth-order valence-corrected chi connectivity index (χ4v) is 9.60. The van der Waals surface area contributed by atoms with Crippen molar-refractivity contribution in [2.24, 2.45) is 0 Å². The zero-order valence-corrected chi connectivity index (χ0v) is 35.3. The summed E-state index contributed by atoms with van der Waals surface area (Å²) in [7, 11) is 0. The normalized spacial score (nSPS) is 21.9. The Morgan fingerprint density at radius 1 is 0.902 bits per heavy atom. The molecule has 5 aliphatic rings. The number of fused-ring (bicyclic) bond motifs is 1. The number of ether oxygens (including phenoxy) is 3. The molecule has 4 saturated heterocycles. The highest BCUT2D eigenvalue weighted by Gasteiger charge is 2.40. The summed E-state index contributed by atoms with van der Waals surface area (Å²) >= 11 is 6.17. The molecule has 0 spiro atoms. The predicted octanol–water partition coefficient (Wildman–Crippen LogP) is 5.65. The van der Waals surface area contributed by atoms with Crippen molar-refractivity contribution >= 4 is 47.0 Å². The third-order valence-electron chi connectivity index (χ3n) is 12.8. The lowest BCUT2D eigenvalue weighted by Crippen LogP contribution is -2.56. The molecule has 0 aromatic heterocycles. The van der Waals surface area contributed by atoms with Gasteiger partial charge in [0.1, 0.15) is 6.04 Å². The number of alkyl halides is 3. The molecule has 5 heterocycles. The maximum atomic E-state index is 14.3. The number of nitrogens with zero attached hydrogens (tertiary/aromatic N) is 5. The number of amides is 4. The maximum absolute atomic E-state index is 14.3.